The number of rotatable bonds is 5. The fourth-order valence-corrected chi connectivity index (χ4v) is 5.19. The van der Waals surface area contributed by atoms with Crippen LogP contribution in [-0.2, 0) is 0 Å². The predicted molar refractivity (Wildman–Crippen MR) is 150 cm³/mol. The zero-order valence-corrected chi connectivity index (χ0v) is 21.7. The molecule has 5 aromatic rings. The molecule has 1 fully saturated rings. The monoisotopic (exact) mass is 523 g/mol. The van der Waals surface area contributed by atoms with E-state index in [2.05, 4.69) is 27.8 Å². The first kappa shape index (κ1) is 24.0. The maximum absolute atomic E-state index is 13.2. The number of amides is 1. The van der Waals surface area contributed by atoms with Gasteiger partial charge in [-0.25, -0.2) is 9.97 Å². The highest BCUT2D eigenvalue weighted by molar-refractivity contribution is 6.30. The fourth-order valence-electron chi connectivity index (χ4n) is 5.00. The van der Waals surface area contributed by atoms with Crippen LogP contribution in [-0.4, -0.2) is 58.6 Å². The molecule has 38 heavy (non-hydrogen) atoms. The Labute approximate surface area is 225 Å². The van der Waals surface area contributed by atoms with Crippen molar-refractivity contribution in [2.24, 2.45) is 0 Å². The summed E-state index contributed by atoms with van der Waals surface area (Å²) >= 11 is 6.33. The molecule has 6 rings (SSSR count). The molecule has 0 unspecified atom stereocenters. The third-order valence-electron chi connectivity index (χ3n) is 6.92. The predicted octanol–water partition coefficient (Wildman–Crippen LogP) is 5.71. The molecule has 1 aliphatic heterocycles. The van der Waals surface area contributed by atoms with E-state index in [1.807, 2.05) is 65.6 Å². The van der Waals surface area contributed by atoms with Crippen molar-refractivity contribution in [1.82, 2.24) is 19.4 Å². The summed E-state index contributed by atoms with van der Waals surface area (Å²) in [6.45, 7) is 2.52. The molecule has 0 bridgehead atoms. The Kier molecular flexibility index (Phi) is 6.43. The Morgan fingerprint density at radius 3 is 2.45 bits per heavy atom. The number of carbonyl (C=O) groups excluding carboxylic acids is 1. The first-order valence-corrected chi connectivity index (χ1v) is 12.9. The van der Waals surface area contributed by atoms with E-state index in [1.54, 1.807) is 19.5 Å². The quantitative estimate of drug-likeness (QED) is 0.295. The highest BCUT2D eigenvalue weighted by Gasteiger charge is 2.26. The average Bonchev–Trinajstić information content (AvgIpc) is 3.37. The van der Waals surface area contributed by atoms with E-state index in [1.165, 1.54) is 0 Å². The SMILES string of the molecule is COc1cccc(C(=O)N2CCN(c3ncnc4c3c(-c3ccccc3)cn4-c3cccc(Cl)c3)CC2)c1. The van der Waals surface area contributed by atoms with Crippen LogP contribution in [0, 0.1) is 0 Å². The van der Waals surface area contributed by atoms with Gasteiger partial charge in [0.25, 0.3) is 5.91 Å². The zero-order chi connectivity index (χ0) is 26.1. The van der Waals surface area contributed by atoms with Crippen LogP contribution in [0.5, 0.6) is 5.75 Å². The number of hydrogen-bond acceptors (Lipinski definition) is 5. The van der Waals surface area contributed by atoms with Crippen LogP contribution >= 0.6 is 11.6 Å². The molecule has 0 saturated carbocycles. The van der Waals surface area contributed by atoms with Crippen molar-refractivity contribution in [3.05, 3.63) is 102 Å². The van der Waals surface area contributed by atoms with E-state index in [0.29, 0.717) is 42.5 Å². The number of halogens is 1. The Hall–Kier alpha value is -4.36. The van der Waals surface area contributed by atoms with Crippen LogP contribution in [0.1, 0.15) is 10.4 Å². The smallest absolute Gasteiger partial charge is 0.254 e. The van der Waals surface area contributed by atoms with Gasteiger partial charge >= 0.3 is 0 Å². The summed E-state index contributed by atoms with van der Waals surface area (Å²) < 4.78 is 7.36. The number of piperazine rings is 1. The maximum Gasteiger partial charge on any atom is 0.254 e. The van der Waals surface area contributed by atoms with Crippen molar-refractivity contribution in [2.45, 2.75) is 0 Å². The van der Waals surface area contributed by atoms with Crippen LogP contribution in [0.15, 0.2) is 91.4 Å². The number of benzene rings is 3. The minimum Gasteiger partial charge on any atom is -0.497 e. The molecular formula is C30H26ClN5O2. The number of nitrogens with zero attached hydrogens (tertiary/aromatic N) is 5. The van der Waals surface area contributed by atoms with Crippen molar-refractivity contribution in [2.75, 3.05) is 38.2 Å². The molecule has 190 valence electrons. The van der Waals surface area contributed by atoms with Crippen LogP contribution in [0.2, 0.25) is 5.02 Å². The molecule has 1 aliphatic rings. The van der Waals surface area contributed by atoms with Crippen molar-refractivity contribution in [3.63, 3.8) is 0 Å². The second kappa shape index (κ2) is 10.2. The number of aromatic nitrogens is 3. The number of fused-ring (bicyclic) bond motifs is 1. The lowest BCUT2D eigenvalue weighted by Gasteiger charge is -2.35. The summed E-state index contributed by atoms with van der Waals surface area (Å²) in [6.07, 6.45) is 3.72. The number of anilines is 1. The standard InChI is InChI=1S/C30H26ClN5O2/c1-38-25-12-5-9-22(17-25)30(37)35-15-13-34(14-16-35)28-27-26(21-7-3-2-4-8-21)19-36(29(27)33-20-32-28)24-11-6-10-23(31)18-24/h2-12,17-20H,13-16H2,1H3. The topological polar surface area (TPSA) is 63.5 Å². The van der Waals surface area contributed by atoms with E-state index in [-0.39, 0.29) is 5.91 Å². The summed E-state index contributed by atoms with van der Waals surface area (Å²) in [5.41, 5.74) is 4.51. The molecule has 7 nitrogen and oxygen atoms in total. The average molecular weight is 524 g/mol. The molecule has 8 heteroatoms. The number of hydrogen-bond donors (Lipinski definition) is 0. The second-order valence-electron chi connectivity index (χ2n) is 9.17. The van der Waals surface area contributed by atoms with Crippen LogP contribution in [0.3, 0.4) is 0 Å². The van der Waals surface area contributed by atoms with Gasteiger partial charge in [0.05, 0.1) is 12.5 Å². The lowest BCUT2D eigenvalue weighted by molar-refractivity contribution is 0.0746. The van der Waals surface area contributed by atoms with Crippen LogP contribution in [0.25, 0.3) is 27.8 Å². The van der Waals surface area contributed by atoms with Crippen LogP contribution < -0.4 is 9.64 Å². The first-order chi connectivity index (χ1) is 18.6. The minimum absolute atomic E-state index is 0.00784. The Morgan fingerprint density at radius 1 is 0.895 bits per heavy atom. The van der Waals surface area contributed by atoms with Crippen molar-refractivity contribution in [3.8, 4) is 22.6 Å². The summed E-state index contributed by atoms with van der Waals surface area (Å²) in [5, 5.41) is 1.64. The van der Waals surface area contributed by atoms with E-state index in [4.69, 9.17) is 26.3 Å². The minimum atomic E-state index is 0.00784. The van der Waals surface area contributed by atoms with E-state index < -0.39 is 0 Å². The second-order valence-corrected chi connectivity index (χ2v) is 9.60. The van der Waals surface area contributed by atoms with E-state index in [0.717, 1.165) is 33.7 Å². The van der Waals surface area contributed by atoms with Gasteiger partial charge in [-0.2, -0.15) is 0 Å². The van der Waals surface area contributed by atoms with Gasteiger partial charge in [0.2, 0.25) is 0 Å². The summed E-state index contributed by atoms with van der Waals surface area (Å²) in [7, 11) is 1.61. The highest BCUT2D eigenvalue weighted by Crippen LogP contribution is 2.37. The maximum atomic E-state index is 13.2. The Morgan fingerprint density at radius 2 is 1.68 bits per heavy atom. The van der Waals surface area contributed by atoms with E-state index in [9.17, 15) is 4.79 Å². The molecule has 0 spiro atoms. The van der Waals surface area contributed by atoms with Gasteiger partial charge in [-0.3, -0.25) is 4.79 Å². The first-order valence-electron chi connectivity index (χ1n) is 12.5. The van der Waals surface area contributed by atoms with Gasteiger partial charge in [0, 0.05) is 54.2 Å². The summed E-state index contributed by atoms with van der Waals surface area (Å²) in [4.78, 5) is 26.7. The summed E-state index contributed by atoms with van der Waals surface area (Å²) in [5.74, 6) is 1.55. The lowest BCUT2D eigenvalue weighted by Crippen LogP contribution is -2.49. The molecule has 1 amide bonds. The Bertz CT molecular complexity index is 1610. The van der Waals surface area contributed by atoms with Crippen molar-refractivity contribution >= 4 is 34.4 Å². The molecule has 0 atom stereocenters. The van der Waals surface area contributed by atoms with Gasteiger partial charge in [0.15, 0.2) is 5.65 Å². The molecule has 3 aromatic carbocycles. The molecular weight excluding hydrogens is 498 g/mol. The zero-order valence-electron chi connectivity index (χ0n) is 20.9. The van der Waals surface area contributed by atoms with Gasteiger partial charge in [-0.1, -0.05) is 54.1 Å². The molecule has 3 heterocycles. The third-order valence-corrected chi connectivity index (χ3v) is 7.15. The largest absolute Gasteiger partial charge is 0.497 e. The fraction of sp³-hybridized carbons (Fsp3) is 0.167. The third kappa shape index (κ3) is 4.46. The summed E-state index contributed by atoms with van der Waals surface area (Å²) in [6, 6.07) is 25.3. The number of ether oxygens (including phenoxy) is 1. The molecule has 0 N–H and O–H groups in total. The number of carbonyl (C=O) groups is 1. The number of methoxy groups -OCH3 is 1. The van der Waals surface area contributed by atoms with Crippen molar-refractivity contribution in [1.29, 1.82) is 0 Å². The highest BCUT2D eigenvalue weighted by atomic mass is 35.5. The van der Waals surface area contributed by atoms with Gasteiger partial charge < -0.3 is 19.1 Å². The van der Waals surface area contributed by atoms with Crippen molar-refractivity contribution < 1.29 is 9.53 Å². The molecule has 2 aromatic heterocycles. The van der Waals surface area contributed by atoms with Crippen LogP contribution in [0.4, 0.5) is 5.82 Å². The molecule has 1 saturated heterocycles. The lowest BCUT2D eigenvalue weighted by atomic mass is 10.1. The van der Waals surface area contributed by atoms with Gasteiger partial charge in [-0.15, -0.1) is 0 Å². The normalized spacial score (nSPS) is 13.6. The molecule has 0 radical (unpaired) electrons. The van der Waals surface area contributed by atoms with Gasteiger partial charge in [-0.05, 0) is 42.0 Å². The van der Waals surface area contributed by atoms with Gasteiger partial charge in [0.1, 0.15) is 17.9 Å². The van der Waals surface area contributed by atoms with E-state index >= 15 is 0 Å². The molecule has 0 aliphatic carbocycles. The Balaban J connectivity index is 1.36.